The summed E-state index contributed by atoms with van der Waals surface area (Å²) in [6.45, 7) is 5.65. The fourth-order valence-corrected chi connectivity index (χ4v) is 2.73. The molecule has 2 aromatic rings. The van der Waals surface area contributed by atoms with Crippen LogP contribution >= 0.6 is 0 Å². The van der Waals surface area contributed by atoms with Gasteiger partial charge in [0.25, 0.3) is 0 Å². The van der Waals surface area contributed by atoms with Crippen LogP contribution in [0, 0.1) is 5.82 Å². The molecule has 1 aromatic heterocycles. The minimum absolute atomic E-state index is 0.165. The minimum atomic E-state index is -0.176. The normalized spacial score (nSPS) is 19.1. The number of hydrogen-bond acceptors (Lipinski definition) is 4. The van der Waals surface area contributed by atoms with E-state index in [0.717, 1.165) is 24.9 Å². The summed E-state index contributed by atoms with van der Waals surface area (Å²) >= 11 is 0. The molecular formula is C15H18FN3O. The van der Waals surface area contributed by atoms with Gasteiger partial charge in [-0.05, 0) is 36.6 Å². The second kappa shape index (κ2) is 5.32. The lowest BCUT2D eigenvalue weighted by molar-refractivity contribution is 0.182. The highest BCUT2D eigenvalue weighted by molar-refractivity contribution is 5.32. The molecule has 1 aromatic carbocycles. The number of aromatic nitrogens is 2. The third-order valence-corrected chi connectivity index (χ3v) is 3.93. The van der Waals surface area contributed by atoms with Crippen molar-refractivity contribution in [1.29, 1.82) is 0 Å². The van der Waals surface area contributed by atoms with Crippen LogP contribution in [0.1, 0.15) is 42.7 Å². The van der Waals surface area contributed by atoms with Crippen LogP contribution < -0.4 is 0 Å². The van der Waals surface area contributed by atoms with Crippen molar-refractivity contribution in [3.05, 3.63) is 46.9 Å². The SMILES string of the molecule is CCc1nc(CN2CCc3ccc(F)cc3C2C)no1. The van der Waals surface area contributed by atoms with Crippen LogP contribution in [0.25, 0.3) is 0 Å². The molecule has 1 aliphatic heterocycles. The van der Waals surface area contributed by atoms with E-state index < -0.39 is 0 Å². The van der Waals surface area contributed by atoms with Gasteiger partial charge in [-0.25, -0.2) is 4.39 Å². The molecular weight excluding hydrogens is 257 g/mol. The van der Waals surface area contributed by atoms with Crippen molar-refractivity contribution in [2.75, 3.05) is 6.54 Å². The molecule has 2 heterocycles. The van der Waals surface area contributed by atoms with E-state index in [-0.39, 0.29) is 11.9 Å². The van der Waals surface area contributed by atoms with Crippen molar-refractivity contribution in [1.82, 2.24) is 15.0 Å². The topological polar surface area (TPSA) is 42.2 Å². The first-order chi connectivity index (χ1) is 9.67. The van der Waals surface area contributed by atoms with Crippen molar-refractivity contribution in [3.63, 3.8) is 0 Å². The van der Waals surface area contributed by atoms with Crippen LogP contribution in [0.2, 0.25) is 0 Å². The summed E-state index contributed by atoms with van der Waals surface area (Å²) in [5.74, 6) is 1.19. The van der Waals surface area contributed by atoms with Crippen LogP contribution in [0.15, 0.2) is 22.7 Å². The maximum Gasteiger partial charge on any atom is 0.226 e. The van der Waals surface area contributed by atoms with Gasteiger partial charge in [0.1, 0.15) is 5.82 Å². The number of nitrogens with zero attached hydrogens (tertiary/aromatic N) is 3. The summed E-state index contributed by atoms with van der Waals surface area (Å²) < 4.78 is 18.5. The number of hydrogen-bond donors (Lipinski definition) is 0. The Morgan fingerprint density at radius 2 is 2.30 bits per heavy atom. The van der Waals surface area contributed by atoms with E-state index in [2.05, 4.69) is 22.0 Å². The Morgan fingerprint density at radius 3 is 3.05 bits per heavy atom. The Labute approximate surface area is 117 Å². The quantitative estimate of drug-likeness (QED) is 0.863. The molecule has 5 heteroatoms. The van der Waals surface area contributed by atoms with Crippen molar-refractivity contribution in [2.45, 2.75) is 39.3 Å². The molecule has 0 saturated heterocycles. The summed E-state index contributed by atoms with van der Waals surface area (Å²) in [6, 6.07) is 5.23. The van der Waals surface area contributed by atoms with Gasteiger partial charge in [0, 0.05) is 19.0 Å². The smallest absolute Gasteiger partial charge is 0.226 e. The Kier molecular flexibility index (Phi) is 3.53. The second-order valence-electron chi connectivity index (χ2n) is 5.20. The van der Waals surface area contributed by atoms with Gasteiger partial charge >= 0.3 is 0 Å². The lowest BCUT2D eigenvalue weighted by Gasteiger charge is -2.34. The van der Waals surface area contributed by atoms with Gasteiger partial charge in [-0.3, -0.25) is 4.90 Å². The van der Waals surface area contributed by atoms with Gasteiger partial charge in [0.15, 0.2) is 5.82 Å². The molecule has 0 bridgehead atoms. The maximum absolute atomic E-state index is 13.4. The molecule has 20 heavy (non-hydrogen) atoms. The molecule has 3 rings (SSSR count). The average Bonchev–Trinajstić information content (AvgIpc) is 2.90. The predicted octanol–water partition coefficient (Wildman–Crippen LogP) is 2.89. The first-order valence-electron chi connectivity index (χ1n) is 7.01. The lowest BCUT2D eigenvalue weighted by atomic mass is 9.93. The number of fused-ring (bicyclic) bond motifs is 1. The van der Waals surface area contributed by atoms with Crippen LogP contribution in [0.4, 0.5) is 4.39 Å². The molecule has 1 aliphatic rings. The van der Waals surface area contributed by atoms with E-state index >= 15 is 0 Å². The molecule has 1 unspecified atom stereocenters. The molecule has 0 amide bonds. The van der Waals surface area contributed by atoms with Gasteiger partial charge in [-0.2, -0.15) is 4.98 Å². The lowest BCUT2D eigenvalue weighted by Crippen LogP contribution is -2.33. The summed E-state index contributed by atoms with van der Waals surface area (Å²) in [5.41, 5.74) is 2.30. The van der Waals surface area contributed by atoms with Gasteiger partial charge < -0.3 is 4.52 Å². The zero-order chi connectivity index (χ0) is 14.1. The van der Waals surface area contributed by atoms with Crippen molar-refractivity contribution < 1.29 is 8.91 Å². The van der Waals surface area contributed by atoms with Crippen molar-refractivity contribution in [3.8, 4) is 0 Å². The van der Waals surface area contributed by atoms with Crippen LogP contribution in [0.5, 0.6) is 0 Å². The molecule has 0 radical (unpaired) electrons. The van der Waals surface area contributed by atoms with E-state index in [1.165, 1.54) is 11.6 Å². The third-order valence-electron chi connectivity index (χ3n) is 3.93. The van der Waals surface area contributed by atoms with Crippen LogP contribution in [-0.2, 0) is 19.4 Å². The third kappa shape index (κ3) is 2.45. The predicted molar refractivity (Wildman–Crippen MR) is 72.6 cm³/mol. The Balaban J connectivity index is 1.79. The first-order valence-corrected chi connectivity index (χ1v) is 7.01. The number of halogens is 1. The molecule has 0 spiro atoms. The second-order valence-corrected chi connectivity index (χ2v) is 5.20. The zero-order valence-corrected chi connectivity index (χ0v) is 11.8. The van der Waals surface area contributed by atoms with Gasteiger partial charge in [0.05, 0.1) is 6.54 Å². The number of benzene rings is 1. The summed E-state index contributed by atoms with van der Waals surface area (Å²) in [6.07, 6.45) is 1.68. The molecule has 0 aliphatic carbocycles. The molecule has 0 N–H and O–H groups in total. The highest BCUT2D eigenvalue weighted by atomic mass is 19.1. The first kappa shape index (κ1) is 13.2. The van der Waals surface area contributed by atoms with Gasteiger partial charge in [-0.1, -0.05) is 18.1 Å². The molecule has 4 nitrogen and oxygen atoms in total. The van der Waals surface area contributed by atoms with E-state index in [4.69, 9.17) is 4.52 Å². The van der Waals surface area contributed by atoms with E-state index in [1.807, 2.05) is 13.0 Å². The minimum Gasteiger partial charge on any atom is -0.339 e. The monoisotopic (exact) mass is 275 g/mol. The fraction of sp³-hybridized carbons (Fsp3) is 0.467. The van der Waals surface area contributed by atoms with Gasteiger partial charge in [0.2, 0.25) is 5.89 Å². The Morgan fingerprint density at radius 1 is 1.45 bits per heavy atom. The summed E-state index contributed by atoms with van der Waals surface area (Å²) in [4.78, 5) is 6.59. The van der Waals surface area contributed by atoms with Crippen molar-refractivity contribution >= 4 is 0 Å². The molecule has 106 valence electrons. The molecule has 1 atom stereocenters. The fourth-order valence-electron chi connectivity index (χ4n) is 2.73. The Bertz CT molecular complexity index is 611. The zero-order valence-electron chi connectivity index (χ0n) is 11.8. The van der Waals surface area contributed by atoms with E-state index in [0.29, 0.717) is 18.3 Å². The van der Waals surface area contributed by atoms with Gasteiger partial charge in [-0.15, -0.1) is 0 Å². The van der Waals surface area contributed by atoms with E-state index in [9.17, 15) is 4.39 Å². The van der Waals surface area contributed by atoms with Crippen LogP contribution in [0.3, 0.4) is 0 Å². The van der Waals surface area contributed by atoms with E-state index in [1.54, 1.807) is 6.07 Å². The number of aryl methyl sites for hydroxylation is 1. The Hall–Kier alpha value is -1.75. The summed E-state index contributed by atoms with van der Waals surface area (Å²) in [7, 11) is 0. The van der Waals surface area contributed by atoms with Crippen molar-refractivity contribution in [2.24, 2.45) is 0 Å². The molecule has 0 fully saturated rings. The largest absolute Gasteiger partial charge is 0.339 e. The highest BCUT2D eigenvalue weighted by Gasteiger charge is 2.25. The average molecular weight is 275 g/mol. The highest BCUT2D eigenvalue weighted by Crippen LogP contribution is 2.30. The molecule has 0 saturated carbocycles. The standard InChI is InChI=1S/C15H18FN3O/c1-3-15-17-14(18-20-15)9-19-7-6-11-4-5-12(16)8-13(11)10(19)2/h4-5,8,10H,3,6-7,9H2,1-2H3. The summed E-state index contributed by atoms with van der Waals surface area (Å²) in [5, 5.41) is 3.99. The van der Waals surface area contributed by atoms with Crippen LogP contribution in [-0.4, -0.2) is 21.6 Å². The number of rotatable bonds is 3. The maximum atomic E-state index is 13.4.